The van der Waals surface area contributed by atoms with E-state index in [1.807, 2.05) is 12.1 Å². The van der Waals surface area contributed by atoms with E-state index in [0.717, 1.165) is 18.7 Å². The second-order valence-corrected chi connectivity index (χ2v) is 4.43. The van der Waals surface area contributed by atoms with Crippen LogP contribution in [-0.4, -0.2) is 19.0 Å². The molecule has 1 aliphatic heterocycles. The molecule has 3 nitrogen and oxygen atoms in total. The van der Waals surface area contributed by atoms with Gasteiger partial charge in [0.25, 0.3) is 0 Å². The number of hydrogen-bond acceptors (Lipinski definition) is 2. The topological polar surface area (TPSA) is 55.1 Å². The molecule has 1 unspecified atom stereocenters. The summed E-state index contributed by atoms with van der Waals surface area (Å²) in [6, 6.07) is 8.23. The predicted molar refractivity (Wildman–Crippen MR) is 71.4 cm³/mol. The molecule has 1 aromatic rings. The van der Waals surface area contributed by atoms with Gasteiger partial charge in [-0.25, -0.2) is 0 Å². The zero-order valence-electron chi connectivity index (χ0n) is 9.82. The number of nitrogens with two attached hydrogens (primary N) is 1. The van der Waals surface area contributed by atoms with Crippen molar-refractivity contribution < 1.29 is 4.79 Å². The third-order valence-electron chi connectivity index (χ3n) is 3.10. The Kier molecular flexibility index (Phi) is 5.45. The van der Waals surface area contributed by atoms with Crippen LogP contribution < -0.4 is 11.1 Å². The summed E-state index contributed by atoms with van der Waals surface area (Å²) in [5, 5.41) is 3.40. The Balaban J connectivity index is 0.00000144. The average molecular weight is 255 g/mol. The number of primary amides is 1. The third kappa shape index (κ3) is 4.02. The van der Waals surface area contributed by atoms with Crippen molar-refractivity contribution in [2.24, 2.45) is 5.73 Å². The van der Waals surface area contributed by atoms with Gasteiger partial charge in [0.15, 0.2) is 0 Å². The van der Waals surface area contributed by atoms with Crippen LogP contribution in [-0.2, 0) is 11.2 Å². The van der Waals surface area contributed by atoms with E-state index in [1.54, 1.807) is 0 Å². The highest BCUT2D eigenvalue weighted by Gasteiger charge is 2.15. The number of halogens is 1. The van der Waals surface area contributed by atoms with Crippen LogP contribution in [0.4, 0.5) is 0 Å². The summed E-state index contributed by atoms with van der Waals surface area (Å²) in [6.45, 7) is 2.16. The molecule has 0 bridgehead atoms. The minimum atomic E-state index is -0.265. The Hall–Kier alpha value is -1.06. The standard InChI is InChI=1S/C13H18N2O.ClH/c14-13(16)8-10-3-1-4-11(7-10)12-5-2-6-15-9-12;/h1,3-4,7,12,15H,2,5-6,8-9H2,(H2,14,16);1H. The summed E-state index contributed by atoms with van der Waals surface area (Å²) >= 11 is 0. The molecule has 0 aliphatic carbocycles. The third-order valence-corrected chi connectivity index (χ3v) is 3.10. The van der Waals surface area contributed by atoms with Crippen LogP contribution in [0.15, 0.2) is 24.3 Å². The second kappa shape index (κ2) is 6.62. The average Bonchev–Trinajstić information content (AvgIpc) is 2.30. The number of carbonyl (C=O) groups is 1. The van der Waals surface area contributed by atoms with Crippen LogP contribution in [0.25, 0.3) is 0 Å². The van der Waals surface area contributed by atoms with Crippen molar-refractivity contribution in [2.45, 2.75) is 25.2 Å². The van der Waals surface area contributed by atoms with Gasteiger partial charge in [0.2, 0.25) is 5.91 Å². The monoisotopic (exact) mass is 254 g/mol. The fraction of sp³-hybridized carbons (Fsp3) is 0.462. The summed E-state index contributed by atoms with van der Waals surface area (Å²) in [5.41, 5.74) is 7.55. The molecule has 0 saturated carbocycles. The second-order valence-electron chi connectivity index (χ2n) is 4.43. The number of amides is 1. The Bertz CT molecular complexity index is 375. The van der Waals surface area contributed by atoms with Crippen LogP contribution in [0.2, 0.25) is 0 Å². The highest BCUT2D eigenvalue weighted by molar-refractivity contribution is 5.85. The molecular weight excluding hydrogens is 236 g/mol. The maximum atomic E-state index is 10.9. The lowest BCUT2D eigenvalue weighted by molar-refractivity contribution is -0.117. The summed E-state index contributed by atoms with van der Waals surface area (Å²) in [5.74, 6) is 0.320. The van der Waals surface area contributed by atoms with Gasteiger partial charge in [-0.3, -0.25) is 4.79 Å². The molecule has 1 fully saturated rings. The van der Waals surface area contributed by atoms with Crippen LogP contribution in [0.3, 0.4) is 0 Å². The first-order valence-corrected chi connectivity index (χ1v) is 5.83. The summed E-state index contributed by atoms with van der Waals surface area (Å²) < 4.78 is 0. The van der Waals surface area contributed by atoms with E-state index in [-0.39, 0.29) is 18.3 Å². The largest absolute Gasteiger partial charge is 0.369 e. The van der Waals surface area contributed by atoms with E-state index < -0.39 is 0 Å². The van der Waals surface area contributed by atoms with Gasteiger partial charge in [-0.05, 0) is 36.4 Å². The summed E-state index contributed by atoms with van der Waals surface area (Å²) in [6.07, 6.45) is 2.80. The van der Waals surface area contributed by atoms with Gasteiger partial charge in [0.1, 0.15) is 0 Å². The molecule has 1 aliphatic rings. The smallest absolute Gasteiger partial charge is 0.221 e. The van der Waals surface area contributed by atoms with Crippen molar-refractivity contribution in [3.8, 4) is 0 Å². The van der Waals surface area contributed by atoms with Crippen LogP contribution in [0.1, 0.15) is 29.9 Å². The van der Waals surface area contributed by atoms with E-state index in [0.29, 0.717) is 12.3 Å². The molecule has 1 heterocycles. The lowest BCUT2D eigenvalue weighted by Crippen LogP contribution is -2.28. The van der Waals surface area contributed by atoms with Gasteiger partial charge < -0.3 is 11.1 Å². The van der Waals surface area contributed by atoms with E-state index in [9.17, 15) is 4.79 Å². The van der Waals surface area contributed by atoms with E-state index in [2.05, 4.69) is 17.4 Å². The van der Waals surface area contributed by atoms with Gasteiger partial charge in [0.05, 0.1) is 6.42 Å². The summed E-state index contributed by atoms with van der Waals surface area (Å²) in [4.78, 5) is 10.9. The fourth-order valence-corrected chi connectivity index (χ4v) is 2.29. The van der Waals surface area contributed by atoms with Crippen molar-refractivity contribution >= 4 is 18.3 Å². The van der Waals surface area contributed by atoms with Gasteiger partial charge in [-0.2, -0.15) is 0 Å². The molecule has 0 spiro atoms. The maximum absolute atomic E-state index is 10.9. The molecule has 0 radical (unpaired) electrons. The highest BCUT2D eigenvalue weighted by Crippen LogP contribution is 2.23. The Labute approximate surface area is 108 Å². The van der Waals surface area contributed by atoms with Gasteiger partial charge in [-0.15, -0.1) is 12.4 Å². The predicted octanol–water partition coefficient (Wildman–Crippen LogP) is 1.60. The Morgan fingerprint density at radius 1 is 1.47 bits per heavy atom. The van der Waals surface area contributed by atoms with E-state index >= 15 is 0 Å². The van der Waals surface area contributed by atoms with Crippen molar-refractivity contribution in [2.75, 3.05) is 13.1 Å². The lowest BCUT2D eigenvalue weighted by atomic mass is 9.90. The van der Waals surface area contributed by atoms with Gasteiger partial charge >= 0.3 is 0 Å². The molecule has 3 N–H and O–H groups in total. The first-order valence-electron chi connectivity index (χ1n) is 5.83. The number of hydrogen-bond donors (Lipinski definition) is 2. The van der Waals surface area contributed by atoms with Gasteiger partial charge in [0, 0.05) is 6.54 Å². The molecule has 1 saturated heterocycles. The molecule has 4 heteroatoms. The first-order chi connectivity index (χ1) is 7.75. The molecule has 1 atom stereocenters. The molecule has 1 amide bonds. The molecule has 17 heavy (non-hydrogen) atoms. The fourth-order valence-electron chi connectivity index (χ4n) is 2.29. The minimum Gasteiger partial charge on any atom is -0.369 e. The number of rotatable bonds is 3. The Morgan fingerprint density at radius 3 is 2.94 bits per heavy atom. The van der Waals surface area contributed by atoms with Gasteiger partial charge in [-0.1, -0.05) is 24.3 Å². The molecule has 1 aromatic carbocycles. The van der Waals surface area contributed by atoms with Crippen LogP contribution in [0, 0.1) is 0 Å². The zero-order valence-corrected chi connectivity index (χ0v) is 10.6. The highest BCUT2D eigenvalue weighted by atomic mass is 35.5. The molecule has 94 valence electrons. The number of benzene rings is 1. The zero-order chi connectivity index (χ0) is 11.4. The quantitative estimate of drug-likeness (QED) is 0.861. The minimum absolute atomic E-state index is 0. The number of nitrogens with one attached hydrogen (secondary N) is 1. The molecular formula is C13H19ClN2O. The Morgan fingerprint density at radius 2 is 2.29 bits per heavy atom. The van der Waals surface area contributed by atoms with Crippen molar-refractivity contribution in [3.63, 3.8) is 0 Å². The summed E-state index contributed by atoms with van der Waals surface area (Å²) in [7, 11) is 0. The molecule has 2 rings (SSSR count). The lowest BCUT2D eigenvalue weighted by Gasteiger charge is -2.23. The first kappa shape index (κ1) is 14.0. The normalized spacial score (nSPS) is 19.4. The van der Waals surface area contributed by atoms with Crippen LogP contribution >= 0.6 is 12.4 Å². The number of carbonyl (C=O) groups excluding carboxylic acids is 1. The SMILES string of the molecule is Cl.NC(=O)Cc1cccc(C2CCCNC2)c1. The van der Waals surface area contributed by atoms with E-state index in [1.165, 1.54) is 18.4 Å². The van der Waals surface area contributed by atoms with Crippen molar-refractivity contribution in [1.82, 2.24) is 5.32 Å². The van der Waals surface area contributed by atoms with E-state index in [4.69, 9.17) is 5.73 Å². The molecule has 0 aromatic heterocycles. The van der Waals surface area contributed by atoms with Crippen molar-refractivity contribution in [1.29, 1.82) is 0 Å². The van der Waals surface area contributed by atoms with Crippen molar-refractivity contribution in [3.05, 3.63) is 35.4 Å². The number of piperidine rings is 1. The maximum Gasteiger partial charge on any atom is 0.221 e. The van der Waals surface area contributed by atoms with Crippen LogP contribution in [0.5, 0.6) is 0 Å².